The zero-order valence-electron chi connectivity index (χ0n) is 11.4. The molecule has 0 aliphatic rings. The lowest BCUT2D eigenvalue weighted by Gasteiger charge is -2.18. The Hall–Kier alpha value is -0.610. The van der Waals surface area contributed by atoms with Crippen LogP contribution in [0.3, 0.4) is 0 Å². The van der Waals surface area contributed by atoms with Gasteiger partial charge in [-0.05, 0) is 18.8 Å². The second-order valence-electron chi connectivity index (χ2n) is 4.18. The van der Waals surface area contributed by atoms with Crippen LogP contribution in [0.4, 0.5) is 0 Å². The van der Waals surface area contributed by atoms with E-state index in [0.29, 0.717) is 12.5 Å². The number of amides is 1. The third kappa shape index (κ3) is 11.5. The fourth-order valence-corrected chi connectivity index (χ4v) is 1.12. The van der Waals surface area contributed by atoms with Crippen LogP contribution in [0.2, 0.25) is 0 Å². The van der Waals surface area contributed by atoms with Crippen molar-refractivity contribution < 1.29 is 4.79 Å². The van der Waals surface area contributed by atoms with Gasteiger partial charge in [-0.3, -0.25) is 4.79 Å². The summed E-state index contributed by atoms with van der Waals surface area (Å²) < 4.78 is 0. The summed E-state index contributed by atoms with van der Waals surface area (Å²) >= 11 is 0. The van der Waals surface area contributed by atoms with Crippen LogP contribution in [0.15, 0.2) is 0 Å². The van der Waals surface area contributed by atoms with E-state index in [1.54, 1.807) is 0 Å². The van der Waals surface area contributed by atoms with Crippen LogP contribution >= 0.6 is 0 Å². The van der Waals surface area contributed by atoms with Gasteiger partial charge in [0.05, 0.1) is 0 Å². The summed E-state index contributed by atoms with van der Waals surface area (Å²) in [7, 11) is 0. The summed E-state index contributed by atoms with van der Waals surface area (Å²) in [4.78, 5) is 10.6. The first kappa shape index (κ1) is 17.8. The number of carbonyl (C=O) groups is 1. The molecule has 0 fully saturated rings. The quantitative estimate of drug-likeness (QED) is 0.643. The molecule has 0 aromatic carbocycles. The lowest BCUT2D eigenvalue weighted by molar-refractivity contribution is -0.119. The van der Waals surface area contributed by atoms with Crippen LogP contribution in [0, 0.1) is 5.92 Å². The minimum Gasteiger partial charge on any atom is -0.355 e. The molecule has 0 aromatic rings. The predicted molar refractivity (Wildman–Crippen MR) is 70.1 cm³/mol. The largest absolute Gasteiger partial charge is 0.355 e. The Kier molecular flexibility index (Phi) is 12.1. The number of nitrogens with one attached hydrogen (secondary N) is 1. The summed E-state index contributed by atoms with van der Waals surface area (Å²) in [5.74, 6) is 0.455. The van der Waals surface area contributed by atoms with Crippen molar-refractivity contribution in [2.24, 2.45) is 17.4 Å². The molecule has 4 nitrogen and oxygen atoms in total. The van der Waals surface area contributed by atoms with E-state index in [2.05, 4.69) is 19.2 Å². The van der Waals surface area contributed by atoms with E-state index < -0.39 is 0 Å². The molecule has 1 amide bonds. The molecule has 98 valence electrons. The number of hydrogen-bond acceptors (Lipinski definition) is 3. The molecule has 0 saturated carbocycles. The van der Waals surface area contributed by atoms with Crippen LogP contribution in [0.1, 0.15) is 47.5 Å². The maximum absolute atomic E-state index is 10.6. The molecule has 4 heteroatoms. The lowest BCUT2D eigenvalue weighted by Crippen LogP contribution is -2.38. The standard InChI is InChI=1S/C10H23N3O.C2H6/c1-7(2)10(12)5-4-9(11)6-13-8(3)14;1-2/h7,9-10H,4-6,11-12H2,1-3H3,(H,13,14);1-2H3. The zero-order chi connectivity index (χ0) is 13.1. The molecule has 0 spiro atoms. The Balaban J connectivity index is 0. The summed E-state index contributed by atoms with van der Waals surface area (Å²) in [5, 5.41) is 2.69. The Morgan fingerprint density at radius 3 is 2.06 bits per heavy atom. The average Bonchev–Trinajstić information content (AvgIpc) is 2.25. The Labute approximate surface area is 100 Å². The second-order valence-corrected chi connectivity index (χ2v) is 4.18. The fourth-order valence-electron chi connectivity index (χ4n) is 1.12. The van der Waals surface area contributed by atoms with Gasteiger partial charge in [0.25, 0.3) is 0 Å². The van der Waals surface area contributed by atoms with Gasteiger partial charge in [0.2, 0.25) is 5.91 Å². The van der Waals surface area contributed by atoms with Crippen LogP contribution < -0.4 is 16.8 Å². The van der Waals surface area contributed by atoms with Crippen LogP contribution in [0.5, 0.6) is 0 Å². The van der Waals surface area contributed by atoms with Gasteiger partial charge < -0.3 is 16.8 Å². The summed E-state index contributed by atoms with van der Waals surface area (Å²) in [6, 6.07) is 0.224. The minimum absolute atomic E-state index is 0.0173. The van der Waals surface area contributed by atoms with Crippen LogP contribution in [0.25, 0.3) is 0 Å². The molecule has 5 N–H and O–H groups in total. The third-order valence-corrected chi connectivity index (χ3v) is 2.34. The Morgan fingerprint density at radius 1 is 1.19 bits per heavy atom. The molecular weight excluding hydrogens is 202 g/mol. The topological polar surface area (TPSA) is 81.1 Å². The van der Waals surface area contributed by atoms with Crippen molar-refractivity contribution in [1.82, 2.24) is 5.32 Å². The highest BCUT2D eigenvalue weighted by Gasteiger charge is 2.10. The van der Waals surface area contributed by atoms with Crippen molar-refractivity contribution in [3.8, 4) is 0 Å². The van der Waals surface area contributed by atoms with Gasteiger partial charge in [0.15, 0.2) is 0 Å². The van der Waals surface area contributed by atoms with Gasteiger partial charge >= 0.3 is 0 Å². The van der Waals surface area contributed by atoms with Crippen molar-refractivity contribution >= 4 is 5.91 Å². The molecule has 2 atom stereocenters. The first-order valence-corrected chi connectivity index (χ1v) is 6.19. The van der Waals surface area contributed by atoms with Gasteiger partial charge in [0, 0.05) is 25.6 Å². The minimum atomic E-state index is -0.0337. The van der Waals surface area contributed by atoms with Gasteiger partial charge in [-0.25, -0.2) is 0 Å². The first-order chi connectivity index (χ1) is 7.43. The van der Waals surface area contributed by atoms with E-state index in [1.807, 2.05) is 13.8 Å². The van der Waals surface area contributed by atoms with E-state index in [9.17, 15) is 4.79 Å². The molecule has 2 unspecified atom stereocenters. The number of nitrogens with two attached hydrogens (primary N) is 2. The molecule has 0 bridgehead atoms. The summed E-state index contributed by atoms with van der Waals surface area (Å²) in [6.07, 6.45) is 1.78. The van der Waals surface area contributed by atoms with E-state index in [4.69, 9.17) is 11.5 Å². The lowest BCUT2D eigenvalue weighted by atomic mass is 9.98. The highest BCUT2D eigenvalue weighted by molar-refractivity contribution is 5.72. The Bertz CT molecular complexity index is 172. The maximum atomic E-state index is 10.6. The van der Waals surface area contributed by atoms with Gasteiger partial charge in [-0.2, -0.15) is 0 Å². The molecule has 0 aromatic heterocycles. The maximum Gasteiger partial charge on any atom is 0.216 e. The van der Waals surface area contributed by atoms with Gasteiger partial charge in [-0.1, -0.05) is 27.7 Å². The van der Waals surface area contributed by atoms with Gasteiger partial charge in [0.1, 0.15) is 0 Å². The number of carbonyl (C=O) groups excluding carboxylic acids is 1. The number of hydrogen-bond donors (Lipinski definition) is 3. The molecule has 0 heterocycles. The van der Waals surface area contributed by atoms with E-state index in [-0.39, 0.29) is 18.0 Å². The summed E-state index contributed by atoms with van der Waals surface area (Å²) in [6.45, 7) is 10.2. The van der Waals surface area contributed by atoms with Crippen LogP contribution in [-0.4, -0.2) is 24.5 Å². The van der Waals surface area contributed by atoms with Crippen molar-refractivity contribution in [3.05, 3.63) is 0 Å². The summed E-state index contributed by atoms with van der Waals surface area (Å²) in [5.41, 5.74) is 11.7. The number of rotatable bonds is 6. The average molecular weight is 231 g/mol. The molecule has 0 radical (unpaired) electrons. The predicted octanol–water partition coefficient (Wildman–Crippen LogP) is 1.24. The van der Waals surface area contributed by atoms with Crippen molar-refractivity contribution in [1.29, 1.82) is 0 Å². The van der Waals surface area contributed by atoms with Gasteiger partial charge in [-0.15, -0.1) is 0 Å². The molecular formula is C12H29N3O. The molecule has 0 rings (SSSR count). The van der Waals surface area contributed by atoms with Crippen molar-refractivity contribution in [3.63, 3.8) is 0 Å². The molecule has 0 saturated heterocycles. The SMILES string of the molecule is CC.CC(=O)NCC(N)CCC(N)C(C)C. The smallest absolute Gasteiger partial charge is 0.216 e. The first-order valence-electron chi connectivity index (χ1n) is 6.19. The third-order valence-electron chi connectivity index (χ3n) is 2.34. The van der Waals surface area contributed by atoms with E-state index >= 15 is 0 Å². The van der Waals surface area contributed by atoms with Crippen LogP contribution in [-0.2, 0) is 4.79 Å². The Morgan fingerprint density at radius 2 is 1.69 bits per heavy atom. The van der Waals surface area contributed by atoms with E-state index in [0.717, 1.165) is 12.8 Å². The fraction of sp³-hybridized carbons (Fsp3) is 0.917. The molecule has 0 aliphatic carbocycles. The second kappa shape index (κ2) is 10.9. The van der Waals surface area contributed by atoms with Crippen molar-refractivity contribution in [2.45, 2.75) is 59.5 Å². The molecule has 0 aliphatic heterocycles. The van der Waals surface area contributed by atoms with E-state index in [1.165, 1.54) is 6.92 Å². The monoisotopic (exact) mass is 231 g/mol. The zero-order valence-corrected chi connectivity index (χ0v) is 11.4. The normalized spacial score (nSPS) is 13.8. The molecule has 16 heavy (non-hydrogen) atoms. The van der Waals surface area contributed by atoms with Crippen molar-refractivity contribution in [2.75, 3.05) is 6.54 Å². The highest BCUT2D eigenvalue weighted by Crippen LogP contribution is 2.06. The highest BCUT2D eigenvalue weighted by atomic mass is 16.1.